The third-order valence-corrected chi connectivity index (χ3v) is 10.5. The quantitative estimate of drug-likeness (QED) is 0.268. The van der Waals surface area contributed by atoms with Gasteiger partial charge in [-0.25, -0.2) is 13.9 Å². The molecule has 5 aliphatic rings. The normalized spacial score (nSPS) is 24.1. The average molecular weight is 651 g/mol. The summed E-state index contributed by atoms with van der Waals surface area (Å²) in [5, 5.41) is 14.3. The maximum absolute atomic E-state index is 13.8. The van der Waals surface area contributed by atoms with Crippen LogP contribution in [0.25, 0.3) is 16.6 Å². The molecule has 11 nitrogen and oxygen atoms in total. The Morgan fingerprint density at radius 3 is 2.50 bits per heavy atom. The zero-order chi connectivity index (χ0) is 32.9. The fourth-order valence-corrected chi connectivity index (χ4v) is 8.16. The first-order valence-corrected chi connectivity index (χ1v) is 16.7. The van der Waals surface area contributed by atoms with Crippen molar-refractivity contribution in [3.63, 3.8) is 0 Å². The van der Waals surface area contributed by atoms with E-state index < -0.39 is 6.04 Å². The van der Waals surface area contributed by atoms with Crippen LogP contribution in [-0.2, 0) is 9.53 Å². The summed E-state index contributed by atoms with van der Waals surface area (Å²) in [6, 6.07) is 15.2. The van der Waals surface area contributed by atoms with Gasteiger partial charge in [-0.2, -0.15) is 10.4 Å². The molecular weight excluding hydrogens is 611 g/mol. The molecule has 5 aliphatic heterocycles. The number of fused-ring (bicyclic) bond motifs is 5. The Kier molecular flexibility index (Phi) is 7.99. The van der Waals surface area contributed by atoms with E-state index in [9.17, 15) is 14.4 Å². The highest BCUT2D eigenvalue weighted by Crippen LogP contribution is 2.38. The molecule has 248 valence electrons. The minimum absolute atomic E-state index is 0.0494. The van der Waals surface area contributed by atoms with Crippen molar-refractivity contribution in [1.82, 2.24) is 29.3 Å². The highest BCUT2D eigenvalue weighted by molar-refractivity contribution is 5.86. The number of amides is 1. The molecule has 12 heteroatoms. The smallest absolute Gasteiger partial charge is 0.245 e. The number of pyridine rings is 2. The number of carbonyl (C=O) groups excluding carboxylic acids is 1. The summed E-state index contributed by atoms with van der Waals surface area (Å²) in [4.78, 5) is 27.3. The summed E-state index contributed by atoms with van der Waals surface area (Å²) < 4.78 is 27.3. The molecule has 0 saturated carbocycles. The Balaban J connectivity index is 0.971. The van der Waals surface area contributed by atoms with Crippen molar-refractivity contribution in [2.75, 3.05) is 58.5 Å². The molecule has 4 aromatic rings. The first kappa shape index (κ1) is 30.7. The monoisotopic (exact) mass is 650 g/mol. The topological polar surface area (TPSA) is 102 Å². The number of hydrogen-bond donors (Lipinski definition) is 0. The van der Waals surface area contributed by atoms with Crippen LogP contribution in [0.3, 0.4) is 0 Å². The van der Waals surface area contributed by atoms with Gasteiger partial charge in [-0.1, -0.05) is 12.1 Å². The maximum Gasteiger partial charge on any atom is 0.245 e. The van der Waals surface area contributed by atoms with Gasteiger partial charge in [0.1, 0.15) is 36.1 Å². The fraction of sp³-hybridized carbons (Fsp3) is 0.444. The zero-order valence-electron chi connectivity index (χ0n) is 27.2. The second kappa shape index (κ2) is 12.5. The zero-order valence-corrected chi connectivity index (χ0v) is 27.2. The lowest BCUT2D eigenvalue weighted by molar-refractivity contribution is -0.151. The number of piperidine rings is 1. The van der Waals surface area contributed by atoms with Gasteiger partial charge in [0, 0.05) is 49.0 Å². The van der Waals surface area contributed by atoms with Crippen molar-refractivity contribution in [2.24, 2.45) is 0 Å². The largest absolute Gasteiger partial charge is 0.491 e. The van der Waals surface area contributed by atoms with Crippen LogP contribution in [0.5, 0.6) is 5.75 Å². The molecular formula is C36H39FN8O3. The van der Waals surface area contributed by atoms with E-state index in [1.54, 1.807) is 22.8 Å². The van der Waals surface area contributed by atoms with Crippen LogP contribution in [0.4, 0.5) is 10.2 Å². The summed E-state index contributed by atoms with van der Waals surface area (Å²) in [7, 11) is 3.76. The molecule has 1 amide bonds. The number of anilines is 1. The standard InChI is InChI=1S/C36H39FN8O3/c1-41(2)35(23-3-6-26(37)7-4-23)36(46)45-29-13-30(45)19-42(18-29)33-10-5-24(16-39-33)32-14-31(20-44-34(32)25(15-38)17-40-44)48-12-11-43-27-8-9-28(43)22-47-21-27/h3-7,10,14,16-17,20,27-30,35H,8-9,11-13,18-19,21-22H2,1-2H3. The Bertz CT molecular complexity index is 1830. The van der Waals surface area contributed by atoms with E-state index in [0.717, 1.165) is 54.2 Å². The average Bonchev–Trinajstić information content (AvgIpc) is 3.60. The number of rotatable bonds is 9. The van der Waals surface area contributed by atoms with Gasteiger partial charge >= 0.3 is 0 Å². The van der Waals surface area contributed by atoms with Crippen molar-refractivity contribution in [1.29, 1.82) is 5.26 Å². The van der Waals surface area contributed by atoms with Gasteiger partial charge in [-0.15, -0.1) is 0 Å². The predicted molar refractivity (Wildman–Crippen MR) is 177 cm³/mol. The molecule has 5 fully saturated rings. The maximum atomic E-state index is 13.8. The van der Waals surface area contributed by atoms with Gasteiger partial charge in [-0.3, -0.25) is 14.6 Å². The molecule has 5 atom stereocenters. The summed E-state index contributed by atoms with van der Waals surface area (Å²) in [5.41, 5.74) is 3.69. The summed E-state index contributed by atoms with van der Waals surface area (Å²) >= 11 is 0. The molecule has 5 unspecified atom stereocenters. The Hall–Kier alpha value is -4.57. The number of morpholine rings is 1. The van der Waals surface area contributed by atoms with Gasteiger partial charge in [-0.05, 0) is 69.3 Å². The third kappa shape index (κ3) is 5.45. The van der Waals surface area contributed by atoms with Crippen molar-refractivity contribution >= 4 is 17.2 Å². The van der Waals surface area contributed by atoms with E-state index in [0.29, 0.717) is 43.1 Å². The highest BCUT2D eigenvalue weighted by atomic mass is 19.1. The van der Waals surface area contributed by atoms with E-state index in [4.69, 9.17) is 14.5 Å². The lowest BCUT2D eigenvalue weighted by atomic mass is 9.85. The molecule has 9 rings (SSSR count). The van der Waals surface area contributed by atoms with E-state index in [1.165, 1.54) is 25.0 Å². The van der Waals surface area contributed by atoms with Crippen molar-refractivity contribution in [3.8, 4) is 22.9 Å². The Morgan fingerprint density at radius 2 is 1.83 bits per heavy atom. The van der Waals surface area contributed by atoms with Gasteiger partial charge in [0.25, 0.3) is 0 Å². The minimum Gasteiger partial charge on any atom is -0.491 e. The van der Waals surface area contributed by atoms with E-state index in [2.05, 4.69) is 21.0 Å². The molecule has 4 bridgehead atoms. The molecule has 0 spiro atoms. The SMILES string of the molecule is CN(C)C(C(=O)N1C2CC1CN(c1ccc(-c3cc(OCCN4C5CCC4COC5)cn4ncc(C#N)c34)cn1)C2)c1ccc(F)cc1. The lowest BCUT2D eigenvalue weighted by Crippen LogP contribution is -2.71. The van der Waals surface area contributed by atoms with Crippen LogP contribution in [0.15, 0.2) is 61.1 Å². The van der Waals surface area contributed by atoms with Crippen LogP contribution in [0.1, 0.15) is 36.4 Å². The molecule has 1 aromatic carbocycles. The van der Waals surface area contributed by atoms with Crippen LogP contribution >= 0.6 is 0 Å². The summed E-state index contributed by atoms with van der Waals surface area (Å²) in [5.74, 6) is 1.27. The fourth-order valence-electron chi connectivity index (χ4n) is 8.16. The van der Waals surface area contributed by atoms with E-state index >= 15 is 0 Å². The van der Waals surface area contributed by atoms with Crippen LogP contribution in [0.2, 0.25) is 0 Å². The summed E-state index contributed by atoms with van der Waals surface area (Å²) in [6.07, 6.45) is 8.57. The number of benzene rings is 1. The number of ether oxygens (including phenoxy) is 2. The Labute approximate surface area is 279 Å². The number of piperazine rings is 1. The number of nitriles is 1. The van der Waals surface area contributed by atoms with Gasteiger partial charge in [0.2, 0.25) is 5.91 Å². The first-order valence-electron chi connectivity index (χ1n) is 16.7. The van der Waals surface area contributed by atoms with Crippen molar-refractivity contribution in [2.45, 2.75) is 49.5 Å². The van der Waals surface area contributed by atoms with Crippen LogP contribution in [-0.4, -0.2) is 113 Å². The third-order valence-electron chi connectivity index (χ3n) is 10.5. The number of halogens is 1. The van der Waals surface area contributed by atoms with Crippen LogP contribution < -0.4 is 9.64 Å². The summed E-state index contributed by atoms with van der Waals surface area (Å²) in [6.45, 7) is 4.37. The predicted octanol–water partition coefficient (Wildman–Crippen LogP) is 3.74. The second-order valence-electron chi connectivity index (χ2n) is 13.6. The highest BCUT2D eigenvalue weighted by Gasteiger charge is 2.49. The molecule has 0 aliphatic carbocycles. The van der Waals surface area contributed by atoms with Gasteiger partial charge in [0.05, 0.1) is 48.8 Å². The van der Waals surface area contributed by atoms with Crippen molar-refractivity contribution in [3.05, 3.63) is 78.0 Å². The lowest BCUT2D eigenvalue weighted by Gasteiger charge is -2.57. The number of likely N-dealkylation sites (N-methyl/N-ethyl adjacent to an activating group) is 1. The molecule has 48 heavy (non-hydrogen) atoms. The number of nitrogens with zero attached hydrogens (tertiary/aromatic N) is 8. The van der Waals surface area contributed by atoms with E-state index in [-0.39, 0.29) is 23.8 Å². The molecule has 3 aromatic heterocycles. The molecule has 8 heterocycles. The molecule has 0 N–H and O–H groups in total. The number of hydrogen-bond acceptors (Lipinski definition) is 9. The van der Waals surface area contributed by atoms with E-state index in [1.807, 2.05) is 54.5 Å². The molecule has 0 radical (unpaired) electrons. The Morgan fingerprint density at radius 1 is 1.08 bits per heavy atom. The van der Waals surface area contributed by atoms with Gasteiger partial charge in [0.15, 0.2) is 0 Å². The number of carbonyl (C=O) groups is 1. The second-order valence-corrected chi connectivity index (χ2v) is 13.6. The van der Waals surface area contributed by atoms with Crippen molar-refractivity contribution < 1.29 is 18.7 Å². The van der Waals surface area contributed by atoms with Crippen LogP contribution in [0, 0.1) is 17.1 Å². The van der Waals surface area contributed by atoms with Gasteiger partial charge < -0.3 is 19.3 Å². The minimum atomic E-state index is -0.465. The first-order chi connectivity index (χ1) is 23.4. The number of aromatic nitrogens is 3. The molecule has 5 saturated heterocycles.